The van der Waals surface area contributed by atoms with Gasteiger partial charge in [0.25, 0.3) is 0 Å². The first-order chi connectivity index (χ1) is 9.74. The molecule has 1 fully saturated rings. The van der Waals surface area contributed by atoms with E-state index in [0.29, 0.717) is 16.1 Å². The molecule has 0 aliphatic heterocycles. The van der Waals surface area contributed by atoms with Gasteiger partial charge in [-0.1, -0.05) is 36.0 Å². The zero-order valence-electron chi connectivity index (χ0n) is 11.1. The zero-order valence-corrected chi connectivity index (χ0v) is 12.6. The van der Waals surface area contributed by atoms with Crippen LogP contribution in [0.1, 0.15) is 31.2 Å². The Kier molecular flexibility index (Phi) is 4.29. The topological polar surface area (TPSA) is 40.7 Å². The van der Waals surface area contributed by atoms with E-state index < -0.39 is 0 Å². The molecule has 0 bridgehead atoms. The summed E-state index contributed by atoms with van der Waals surface area (Å²) in [6.45, 7) is 0.815. The van der Waals surface area contributed by atoms with E-state index >= 15 is 0 Å². The summed E-state index contributed by atoms with van der Waals surface area (Å²) in [6, 6.07) is 6.17. The molecular weight excluding hydrogens is 293 g/mol. The molecule has 1 aliphatic carbocycles. The van der Waals surface area contributed by atoms with Gasteiger partial charge in [-0.3, -0.25) is 5.10 Å². The Morgan fingerprint density at radius 1 is 1.25 bits per heavy atom. The van der Waals surface area contributed by atoms with Gasteiger partial charge in [-0.2, -0.15) is 5.10 Å². The van der Waals surface area contributed by atoms with Crippen molar-refractivity contribution in [2.45, 2.75) is 38.3 Å². The van der Waals surface area contributed by atoms with Crippen LogP contribution in [0.4, 0.5) is 0 Å². The van der Waals surface area contributed by atoms with Crippen LogP contribution < -0.4 is 5.32 Å². The molecule has 3 nitrogen and oxygen atoms in total. The number of hydrogen-bond acceptors (Lipinski definition) is 2. The van der Waals surface area contributed by atoms with Gasteiger partial charge in [0.15, 0.2) is 0 Å². The lowest BCUT2D eigenvalue weighted by molar-refractivity contribution is 0.525. The lowest BCUT2D eigenvalue weighted by Crippen LogP contribution is -2.25. The largest absolute Gasteiger partial charge is 0.310 e. The van der Waals surface area contributed by atoms with Crippen molar-refractivity contribution in [3.63, 3.8) is 0 Å². The second kappa shape index (κ2) is 6.17. The molecule has 0 amide bonds. The number of rotatable bonds is 4. The molecule has 5 heteroatoms. The van der Waals surface area contributed by atoms with E-state index in [-0.39, 0.29) is 0 Å². The fourth-order valence-corrected chi connectivity index (χ4v) is 3.26. The molecule has 1 aliphatic rings. The summed E-state index contributed by atoms with van der Waals surface area (Å²) >= 11 is 12.2. The molecule has 0 spiro atoms. The van der Waals surface area contributed by atoms with Gasteiger partial charge in [-0.15, -0.1) is 0 Å². The summed E-state index contributed by atoms with van der Waals surface area (Å²) in [4.78, 5) is 0. The molecule has 106 valence electrons. The molecule has 0 unspecified atom stereocenters. The first kappa shape index (κ1) is 13.9. The van der Waals surface area contributed by atoms with Gasteiger partial charge < -0.3 is 5.32 Å². The van der Waals surface area contributed by atoms with Gasteiger partial charge in [0, 0.05) is 28.7 Å². The van der Waals surface area contributed by atoms with Crippen LogP contribution in [-0.4, -0.2) is 16.2 Å². The van der Waals surface area contributed by atoms with Crippen LogP contribution >= 0.6 is 23.2 Å². The van der Waals surface area contributed by atoms with Gasteiger partial charge >= 0.3 is 0 Å². The quantitative estimate of drug-likeness (QED) is 0.878. The molecule has 2 N–H and O–H groups in total. The van der Waals surface area contributed by atoms with Gasteiger partial charge in [-0.25, -0.2) is 0 Å². The number of H-pyrrole nitrogens is 1. The van der Waals surface area contributed by atoms with Crippen LogP contribution in [0, 0.1) is 0 Å². The molecule has 3 rings (SSSR count). The van der Waals surface area contributed by atoms with E-state index in [1.54, 1.807) is 6.07 Å². The van der Waals surface area contributed by atoms with Crippen LogP contribution in [0.3, 0.4) is 0 Å². The summed E-state index contributed by atoms with van der Waals surface area (Å²) in [7, 11) is 0. The molecule has 20 heavy (non-hydrogen) atoms. The minimum Gasteiger partial charge on any atom is -0.310 e. The summed E-state index contributed by atoms with van der Waals surface area (Å²) in [6.07, 6.45) is 7.07. The molecule has 1 saturated carbocycles. The molecule has 0 saturated heterocycles. The Balaban J connectivity index is 1.78. The predicted molar refractivity (Wildman–Crippen MR) is 83.1 cm³/mol. The maximum absolute atomic E-state index is 6.27. The lowest BCUT2D eigenvalue weighted by atomic mass is 10.1. The fourth-order valence-electron chi connectivity index (χ4n) is 2.75. The van der Waals surface area contributed by atoms with Gasteiger partial charge in [0.2, 0.25) is 0 Å². The van der Waals surface area contributed by atoms with E-state index in [1.807, 2.05) is 18.3 Å². The Hall–Kier alpha value is -1.03. The van der Waals surface area contributed by atoms with Crippen molar-refractivity contribution >= 4 is 23.2 Å². The van der Waals surface area contributed by atoms with E-state index in [2.05, 4.69) is 15.5 Å². The Bertz CT molecular complexity index is 589. The van der Waals surface area contributed by atoms with Crippen LogP contribution in [0.2, 0.25) is 10.0 Å². The van der Waals surface area contributed by atoms with E-state index in [1.165, 1.54) is 25.7 Å². The highest BCUT2D eigenvalue weighted by Crippen LogP contribution is 2.31. The normalized spacial score (nSPS) is 15.9. The van der Waals surface area contributed by atoms with E-state index in [9.17, 15) is 0 Å². The number of aromatic amines is 1. The minimum absolute atomic E-state index is 0.637. The number of aromatic nitrogens is 2. The predicted octanol–water partition coefficient (Wildman–Crippen LogP) is 4.42. The zero-order chi connectivity index (χ0) is 13.9. The lowest BCUT2D eigenvalue weighted by Gasteiger charge is -2.12. The molecule has 0 atom stereocenters. The van der Waals surface area contributed by atoms with Crippen molar-refractivity contribution in [3.8, 4) is 11.3 Å². The van der Waals surface area contributed by atoms with Crippen molar-refractivity contribution in [2.75, 3.05) is 0 Å². The Labute approximate surface area is 128 Å². The van der Waals surface area contributed by atoms with E-state index in [4.69, 9.17) is 23.2 Å². The van der Waals surface area contributed by atoms with Crippen LogP contribution in [0.25, 0.3) is 11.3 Å². The molecule has 0 radical (unpaired) electrons. The Morgan fingerprint density at radius 2 is 2.05 bits per heavy atom. The fraction of sp³-hybridized carbons (Fsp3) is 0.400. The van der Waals surface area contributed by atoms with Crippen molar-refractivity contribution in [2.24, 2.45) is 0 Å². The summed E-state index contributed by atoms with van der Waals surface area (Å²) in [5, 5.41) is 12.1. The average Bonchev–Trinajstić information content (AvgIpc) is 3.07. The molecule has 1 aromatic carbocycles. The second-order valence-corrected chi connectivity index (χ2v) is 6.10. The van der Waals surface area contributed by atoms with Gasteiger partial charge in [0.1, 0.15) is 0 Å². The molecule has 1 aromatic heterocycles. The minimum atomic E-state index is 0.637. The summed E-state index contributed by atoms with van der Waals surface area (Å²) < 4.78 is 0. The average molecular weight is 310 g/mol. The van der Waals surface area contributed by atoms with Gasteiger partial charge in [0.05, 0.1) is 16.9 Å². The van der Waals surface area contributed by atoms with Crippen molar-refractivity contribution in [1.82, 2.24) is 15.5 Å². The number of nitrogens with zero attached hydrogens (tertiary/aromatic N) is 1. The molecular formula is C15H17Cl2N3. The number of hydrogen-bond donors (Lipinski definition) is 2. The first-order valence-corrected chi connectivity index (χ1v) is 7.70. The standard InChI is InChI=1S/C15H17Cl2N3/c16-11-5-6-13(14(17)7-11)15-10(9-19-20-15)8-18-12-3-1-2-4-12/h5-7,9,12,18H,1-4,8H2,(H,19,20). The van der Waals surface area contributed by atoms with Crippen molar-refractivity contribution in [1.29, 1.82) is 0 Å². The van der Waals surface area contributed by atoms with Crippen molar-refractivity contribution < 1.29 is 0 Å². The van der Waals surface area contributed by atoms with Crippen LogP contribution in [-0.2, 0) is 6.54 Å². The van der Waals surface area contributed by atoms with E-state index in [0.717, 1.165) is 23.4 Å². The highest BCUT2D eigenvalue weighted by Gasteiger charge is 2.16. The Morgan fingerprint density at radius 3 is 2.80 bits per heavy atom. The number of nitrogens with one attached hydrogen (secondary N) is 2. The third-order valence-corrected chi connectivity index (χ3v) is 4.40. The highest BCUT2D eigenvalue weighted by atomic mass is 35.5. The smallest absolute Gasteiger partial charge is 0.0710 e. The summed E-state index contributed by atoms with van der Waals surface area (Å²) in [5.74, 6) is 0. The third-order valence-electron chi connectivity index (χ3n) is 3.85. The first-order valence-electron chi connectivity index (χ1n) is 6.95. The summed E-state index contributed by atoms with van der Waals surface area (Å²) in [5.41, 5.74) is 3.05. The molecule has 2 aromatic rings. The monoisotopic (exact) mass is 309 g/mol. The van der Waals surface area contributed by atoms with Crippen molar-refractivity contribution in [3.05, 3.63) is 40.0 Å². The number of halogens is 2. The number of benzene rings is 1. The van der Waals surface area contributed by atoms with Crippen LogP contribution in [0.15, 0.2) is 24.4 Å². The SMILES string of the molecule is Clc1ccc(-c2[nH]ncc2CNC2CCCC2)c(Cl)c1. The van der Waals surface area contributed by atoms with Gasteiger partial charge in [-0.05, 0) is 31.0 Å². The maximum Gasteiger partial charge on any atom is 0.0710 e. The third kappa shape index (κ3) is 3.00. The highest BCUT2D eigenvalue weighted by molar-refractivity contribution is 6.36. The maximum atomic E-state index is 6.27. The second-order valence-electron chi connectivity index (χ2n) is 5.26. The molecule has 1 heterocycles. The van der Waals surface area contributed by atoms with Crippen LogP contribution in [0.5, 0.6) is 0 Å².